The van der Waals surface area contributed by atoms with E-state index in [9.17, 15) is 0 Å². The first kappa shape index (κ1) is 3.05. The third-order valence-corrected chi connectivity index (χ3v) is 0.0645. The second kappa shape index (κ2) is 2.05. The van der Waals surface area contributed by atoms with Crippen LogP contribution in [-0.2, 0) is 0 Å². The standard InChI is InChI=1S/C3HN/c1-2-3-4/h1H/i2+1. The average molecular weight is 52.0 g/mol. The van der Waals surface area contributed by atoms with Crippen molar-refractivity contribution in [2.75, 3.05) is 0 Å². The average Bonchev–Trinajstić information content (AvgIpc) is 1.37. The van der Waals surface area contributed by atoms with Crippen molar-refractivity contribution in [3.63, 3.8) is 0 Å². The minimum Gasteiger partial charge on any atom is -0.183 e. The lowest BCUT2D eigenvalue weighted by Crippen LogP contribution is -1.26. The molecule has 0 rings (SSSR count). The second-order valence-electron chi connectivity index (χ2n) is 0.256. The van der Waals surface area contributed by atoms with Gasteiger partial charge >= 0.3 is 0 Å². The van der Waals surface area contributed by atoms with Crippen molar-refractivity contribution in [2.45, 2.75) is 0 Å². The lowest BCUT2D eigenvalue weighted by molar-refractivity contribution is 1.55. The first-order valence-corrected chi connectivity index (χ1v) is 0.762. The van der Waals surface area contributed by atoms with E-state index in [4.69, 9.17) is 5.26 Å². The lowest BCUT2D eigenvalue weighted by atomic mass is 11.2. The highest BCUT2D eigenvalue weighted by atomic mass is 14.3. The van der Waals surface area contributed by atoms with Crippen LogP contribution < -0.4 is 0 Å². The molecular weight excluding hydrogens is 51.0 g/mol. The SMILES string of the molecule is C#[13C]C#N. The first-order valence-electron chi connectivity index (χ1n) is 0.762. The van der Waals surface area contributed by atoms with E-state index in [0.717, 1.165) is 0 Å². The van der Waals surface area contributed by atoms with Gasteiger partial charge in [-0.2, -0.15) is 5.26 Å². The molecule has 1 nitrogen and oxygen atoms in total. The summed E-state index contributed by atoms with van der Waals surface area (Å²) in [7, 11) is 0. The van der Waals surface area contributed by atoms with Gasteiger partial charge in [0.05, 0.1) is 0 Å². The summed E-state index contributed by atoms with van der Waals surface area (Å²) < 4.78 is 0. The highest BCUT2D eigenvalue weighted by Gasteiger charge is 1.31. The Morgan fingerprint density at radius 1 is 1.75 bits per heavy atom. The first-order chi connectivity index (χ1) is 1.91. The molecule has 0 aliphatic heterocycles. The normalized spacial score (nSPS) is 2.50. The van der Waals surface area contributed by atoms with Crippen LogP contribution in [0.4, 0.5) is 0 Å². The molecule has 0 unspecified atom stereocenters. The number of rotatable bonds is 0. The van der Waals surface area contributed by atoms with Crippen LogP contribution in [0.2, 0.25) is 0 Å². The van der Waals surface area contributed by atoms with Gasteiger partial charge in [-0.25, -0.2) is 0 Å². The zero-order valence-corrected chi connectivity index (χ0v) is 2.02. The van der Waals surface area contributed by atoms with Gasteiger partial charge in [0.25, 0.3) is 0 Å². The van der Waals surface area contributed by atoms with Crippen LogP contribution in [-0.4, -0.2) is 0 Å². The van der Waals surface area contributed by atoms with Crippen LogP contribution in [0.1, 0.15) is 0 Å². The minimum atomic E-state index is 1.46. The van der Waals surface area contributed by atoms with Crippen LogP contribution in [0, 0.1) is 23.7 Å². The monoisotopic (exact) mass is 52.0 g/mol. The van der Waals surface area contributed by atoms with Gasteiger partial charge in [0.2, 0.25) is 0 Å². The quantitative estimate of drug-likeness (QED) is 0.284. The summed E-state index contributed by atoms with van der Waals surface area (Å²) in [5, 5.41) is 7.39. The second-order valence-corrected chi connectivity index (χ2v) is 0.256. The number of terminal acetylenes is 1. The van der Waals surface area contributed by atoms with Crippen LogP contribution in [0.15, 0.2) is 0 Å². The molecule has 0 fully saturated rings. The predicted molar refractivity (Wildman–Crippen MR) is 14.4 cm³/mol. The summed E-state index contributed by atoms with van der Waals surface area (Å²) in [6.07, 6.45) is 4.42. The summed E-state index contributed by atoms with van der Waals surface area (Å²) in [4.78, 5) is 0. The van der Waals surface area contributed by atoms with E-state index in [1.54, 1.807) is 5.92 Å². The minimum absolute atomic E-state index is 1.46. The Labute approximate surface area is 24.9 Å². The van der Waals surface area contributed by atoms with Gasteiger partial charge in [-0.15, -0.1) is 6.42 Å². The Balaban J connectivity index is 3.14. The topological polar surface area (TPSA) is 23.8 Å². The molecule has 1 heteroatoms. The van der Waals surface area contributed by atoms with E-state index < -0.39 is 0 Å². The summed E-state index contributed by atoms with van der Waals surface area (Å²) in [5.74, 6) is 1.74. The van der Waals surface area contributed by atoms with Crippen LogP contribution in [0.5, 0.6) is 0 Å². The molecule has 0 saturated carbocycles. The van der Waals surface area contributed by atoms with Crippen LogP contribution in [0.25, 0.3) is 0 Å². The van der Waals surface area contributed by atoms with Crippen molar-refractivity contribution < 1.29 is 0 Å². The highest BCUT2D eigenvalue weighted by molar-refractivity contribution is 5.08. The maximum absolute atomic E-state index is 7.39. The molecule has 0 aliphatic rings. The van der Waals surface area contributed by atoms with Gasteiger partial charge in [-0.3, -0.25) is 0 Å². The zero-order chi connectivity index (χ0) is 3.41. The van der Waals surface area contributed by atoms with E-state index in [1.807, 2.05) is 0 Å². The molecule has 0 heterocycles. The molecular formula is C3HN. The molecule has 0 N–H and O–H groups in total. The molecule has 4 heavy (non-hydrogen) atoms. The summed E-state index contributed by atoms with van der Waals surface area (Å²) in [6.45, 7) is 0. The van der Waals surface area contributed by atoms with Gasteiger partial charge in [0, 0.05) is 5.92 Å². The van der Waals surface area contributed by atoms with Gasteiger partial charge < -0.3 is 0 Å². The Hall–Kier alpha value is -0.950. The van der Waals surface area contributed by atoms with Gasteiger partial charge in [-0.1, -0.05) is 0 Å². The van der Waals surface area contributed by atoms with Crippen molar-refractivity contribution in [2.24, 2.45) is 0 Å². The Kier molecular flexibility index (Phi) is 1.56. The molecule has 0 aromatic heterocycles. The van der Waals surface area contributed by atoms with Crippen molar-refractivity contribution in [1.29, 1.82) is 5.26 Å². The summed E-state index contributed by atoms with van der Waals surface area (Å²) in [5.41, 5.74) is 0. The largest absolute Gasteiger partial charge is 0.183 e. The Morgan fingerprint density at radius 2 is 2.00 bits per heavy atom. The van der Waals surface area contributed by atoms with Gasteiger partial charge in [0.15, 0.2) is 6.07 Å². The Bertz CT molecular complexity index is 58.3. The fourth-order valence-electron chi connectivity index (χ4n) is 0. The molecule has 18 valence electrons. The number of nitrogens with zero attached hydrogens (tertiary/aromatic N) is 1. The zero-order valence-electron chi connectivity index (χ0n) is 2.02. The van der Waals surface area contributed by atoms with E-state index in [2.05, 4.69) is 6.42 Å². The number of hydrogen-bond acceptors (Lipinski definition) is 1. The predicted octanol–water partition coefficient (Wildman–Crippen LogP) is 0.143. The van der Waals surface area contributed by atoms with Gasteiger partial charge in [0.1, 0.15) is 0 Å². The maximum Gasteiger partial charge on any atom is 0.152 e. The number of nitriles is 1. The lowest BCUT2D eigenvalue weighted by Gasteiger charge is -1.23. The van der Waals surface area contributed by atoms with Crippen LogP contribution in [0.3, 0.4) is 0 Å². The Morgan fingerprint density at radius 3 is 2.00 bits per heavy atom. The molecule has 0 saturated heterocycles. The maximum atomic E-state index is 7.39. The molecule has 0 radical (unpaired) electrons. The highest BCUT2D eigenvalue weighted by Crippen LogP contribution is 1.27. The fraction of sp³-hybridized carbons (Fsp3) is 0. The van der Waals surface area contributed by atoms with Crippen LogP contribution >= 0.6 is 0 Å². The molecule has 0 spiro atoms. The van der Waals surface area contributed by atoms with Gasteiger partial charge in [-0.05, 0) is 0 Å². The van der Waals surface area contributed by atoms with Crippen molar-refractivity contribution in [3.8, 4) is 18.4 Å². The van der Waals surface area contributed by atoms with E-state index in [1.165, 1.54) is 6.07 Å². The molecule has 0 aliphatic carbocycles. The molecule has 0 aromatic rings. The molecule has 0 bridgehead atoms. The van der Waals surface area contributed by atoms with E-state index in [-0.39, 0.29) is 0 Å². The van der Waals surface area contributed by atoms with Crippen molar-refractivity contribution in [3.05, 3.63) is 0 Å². The van der Waals surface area contributed by atoms with Crippen molar-refractivity contribution in [1.82, 2.24) is 0 Å². The third-order valence-electron chi connectivity index (χ3n) is 0.0645. The van der Waals surface area contributed by atoms with E-state index >= 15 is 0 Å². The number of hydrogen-bond donors (Lipinski definition) is 0. The molecule has 0 amide bonds. The third kappa shape index (κ3) is 1.05. The molecule has 0 atom stereocenters. The summed E-state index contributed by atoms with van der Waals surface area (Å²) in [6, 6.07) is 1.46. The smallest absolute Gasteiger partial charge is 0.152 e. The summed E-state index contributed by atoms with van der Waals surface area (Å²) >= 11 is 0. The van der Waals surface area contributed by atoms with Crippen molar-refractivity contribution >= 4 is 0 Å². The fourth-order valence-corrected chi connectivity index (χ4v) is 0. The molecule has 0 aromatic carbocycles. The van der Waals surface area contributed by atoms with E-state index in [0.29, 0.717) is 0 Å².